The van der Waals surface area contributed by atoms with Crippen molar-refractivity contribution in [2.75, 3.05) is 154 Å². The first-order valence-corrected chi connectivity index (χ1v) is 45.2. The summed E-state index contributed by atoms with van der Waals surface area (Å²) in [4.78, 5) is 28.2. The van der Waals surface area contributed by atoms with Crippen LogP contribution in [0.1, 0.15) is 69.2 Å². The van der Waals surface area contributed by atoms with E-state index in [0.29, 0.717) is 22.4 Å². The van der Waals surface area contributed by atoms with Crippen LogP contribution in [0.5, 0.6) is 17.2 Å². The van der Waals surface area contributed by atoms with Crippen LogP contribution in [-0.2, 0) is 18.2 Å². The van der Waals surface area contributed by atoms with Crippen molar-refractivity contribution in [3.63, 3.8) is 0 Å². The van der Waals surface area contributed by atoms with Crippen molar-refractivity contribution in [3.05, 3.63) is 169 Å². The molecule has 3 aromatic heterocycles. The Morgan fingerprint density at radius 2 is 0.766 bits per heavy atom. The molecule has 4 aliphatic rings. The van der Waals surface area contributed by atoms with Crippen LogP contribution in [0, 0.1) is 0 Å². The minimum Gasteiger partial charge on any atom is -0.491 e. The van der Waals surface area contributed by atoms with E-state index in [-0.39, 0.29) is 48.2 Å². The van der Waals surface area contributed by atoms with E-state index in [4.69, 9.17) is 53.9 Å². The SMILES string of the molecule is CC(C)(C)[Si](C)(C)OC(CF)COc1ccc2nc(Cl)ccc2c1.CN1CCN(c2ccc(-c3ccc4cc(OCC(CF)O[Si](C)(C)C(C)(C)C)ccc4n3)cc2)CC1.CN1CCN(c2ccc(-c3ccc4cc(OCC(O)CF)ccc4n3)cc2)CC1.CN1CCN(c2ccc(B3OC(C)(C)C(C)(C)O3)cc2)CC1. The number of aliphatic hydroxyl groups is 1. The van der Waals surface area contributed by atoms with E-state index < -0.39 is 55.0 Å². The number of benzene rings is 6. The molecule has 0 radical (unpaired) electrons. The number of pyridine rings is 3. The maximum atomic E-state index is 13.7. The smallest absolute Gasteiger partial charge is 0.491 e. The fourth-order valence-corrected chi connectivity index (χ4v) is 15.4. The summed E-state index contributed by atoms with van der Waals surface area (Å²) >= 11 is 5.88. The summed E-state index contributed by atoms with van der Waals surface area (Å²) < 4.78 is 81.0. The number of likely N-dealkylation sites (N-methyl/N-ethyl adjacent to an activating group) is 3. The molecule has 3 atom stereocenters. The number of piperazine rings is 3. The van der Waals surface area contributed by atoms with Gasteiger partial charge in [0.2, 0.25) is 0 Å². The van der Waals surface area contributed by atoms with E-state index >= 15 is 0 Å². The average molecular weight is 1580 g/mol. The van der Waals surface area contributed by atoms with Gasteiger partial charge in [-0.15, -0.1) is 0 Å². The van der Waals surface area contributed by atoms with Gasteiger partial charge in [0.05, 0.1) is 39.1 Å². The first-order valence-electron chi connectivity index (χ1n) is 39.0. The topological polar surface area (TPSA) is 143 Å². The second kappa shape index (κ2) is 37.7. The number of hydrogen-bond acceptors (Lipinski definition) is 17. The lowest BCUT2D eigenvalue weighted by atomic mass is 9.79. The molecule has 0 amide bonds. The first-order chi connectivity index (χ1) is 52.6. The molecule has 4 fully saturated rings. The Balaban J connectivity index is 0.000000160. The zero-order valence-electron chi connectivity index (χ0n) is 68.5. The number of alkyl halides is 3. The Morgan fingerprint density at radius 3 is 1.10 bits per heavy atom. The molecule has 4 aliphatic heterocycles. The zero-order chi connectivity index (χ0) is 80.1. The average Bonchev–Trinajstić information content (AvgIpc) is 1.62. The molecule has 0 bridgehead atoms. The standard InChI is InChI=1S/C29H40FN3O2Si.C23H26FN3O2.C18H25ClFNO2Si.C17H27BN2O2/c1-29(2,3)36(5,6)35-26(20-30)21-34-25-12-14-28-23(19-25)9-13-27(31-28)22-7-10-24(11-8-22)33-17-15-32(4)16-18-33;1-26-10-12-27(13-11-26)19-5-2-17(3-6-19)22-8-4-18-14-21(7-9-23(18)25-22)29-16-20(28)15-24;1-18(2,3)24(4,5)23-15(11-20)12-22-14-7-8-16-13(10-14)6-9-17(19)21-16;1-16(2)17(3,4)22-18(21-16)14-6-8-15(9-7-14)20-12-10-19(5)11-13-20/h7-14,19,26H,15-18,20-21H2,1-6H3;2-9,14,20,28H,10-13,15-16H2,1H3;6-10,15H,11-12H2,1-5H3;6-9H,10-13H2,1-5H3. The van der Waals surface area contributed by atoms with Crippen LogP contribution in [0.15, 0.2) is 164 Å². The molecule has 111 heavy (non-hydrogen) atoms. The second-order valence-corrected chi connectivity index (χ2v) is 43.7. The van der Waals surface area contributed by atoms with Crippen LogP contribution < -0.4 is 34.4 Å². The molecule has 1 N–H and O–H groups in total. The lowest BCUT2D eigenvalue weighted by Gasteiger charge is -2.38. The molecule has 17 nitrogen and oxygen atoms in total. The van der Waals surface area contributed by atoms with Gasteiger partial charge >= 0.3 is 7.12 Å². The molecule has 0 spiro atoms. The Morgan fingerprint density at radius 1 is 0.441 bits per heavy atom. The van der Waals surface area contributed by atoms with Crippen molar-refractivity contribution < 1.29 is 50.6 Å². The summed E-state index contributed by atoms with van der Waals surface area (Å²) in [7, 11) is 2.16. The molecule has 3 unspecified atom stereocenters. The number of fused-ring (bicyclic) bond motifs is 3. The van der Waals surface area contributed by atoms with Gasteiger partial charge in [-0.05, 0) is 206 Å². The van der Waals surface area contributed by atoms with Gasteiger partial charge in [0, 0.05) is 123 Å². The Kier molecular flexibility index (Phi) is 29.2. The third-order valence-corrected chi connectivity index (χ3v) is 31.9. The van der Waals surface area contributed by atoms with Gasteiger partial charge in [0.15, 0.2) is 16.6 Å². The van der Waals surface area contributed by atoms with E-state index in [1.807, 2.05) is 72.8 Å². The number of aromatic nitrogens is 3. The maximum Gasteiger partial charge on any atom is 0.494 e. The van der Waals surface area contributed by atoms with Crippen molar-refractivity contribution in [2.24, 2.45) is 0 Å². The van der Waals surface area contributed by atoms with Crippen molar-refractivity contribution in [1.82, 2.24) is 29.7 Å². The van der Waals surface area contributed by atoms with Gasteiger partial charge in [-0.25, -0.2) is 28.1 Å². The quantitative estimate of drug-likeness (QED) is 0.0507. The normalized spacial score (nSPS) is 17.5. The Labute approximate surface area is 665 Å². The maximum absolute atomic E-state index is 13.7. The number of aliphatic hydroxyl groups excluding tert-OH is 1. The lowest BCUT2D eigenvalue weighted by molar-refractivity contribution is 0.00578. The van der Waals surface area contributed by atoms with Crippen molar-refractivity contribution >= 4 is 90.6 Å². The zero-order valence-corrected chi connectivity index (χ0v) is 71.2. The van der Waals surface area contributed by atoms with Gasteiger partial charge in [0.25, 0.3) is 0 Å². The highest BCUT2D eigenvalue weighted by Crippen LogP contribution is 2.40. The van der Waals surface area contributed by atoms with Gasteiger partial charge in [-0.2, -0.15) is 0 Å². The number of rotatable bonds is 22. The lowest BCUT2D eigenvalue weighted by Crippen LogP contribution is -2.46. The van der Waals surface area contributed by atoms with E-state index in [1.165, 1.54) is 17.1 Å². The van der Waals surface area contributed by atoms with Crippen molar-refractivity contribution in [3.8, 4) is 39.8 Å². The van der Waals surface area contributed by atoms with Crippen LogP contribution >= 0.6 is 11.6 Å². The molecule has 9 aromatic rings. The highest BCUT2D eigenvalue weighted by Gasteiger charge is 2.52. The number of ether oxygens (including phenoxy) is 3. The van der Waals surface area contributed by atoms with E-state index in [0.717, 1.165) is 139 Å². The molecular weight excluding hydrogens is 1460 g/mol. The van der Waals surface area contributed by atoms with E-state index in [2.05, 4.69) is 230 Å². The molecule has 0 aliphatic carbocycles. The summed E-state index contributed by atoms with van der Waals surface area (Å²) in [5.74, 6) is 1.96. The summed E-state index contributed by atoms with van der Waals surface area (Å²) in [5, 5.41) is 12.7. The molecule has 0 saturated carbocycles. The molecule has 7 heterocycles. The van der Waals surface area contributed by atoms with Gasteiger partial charge in [-0.1, -0.05) is 102 Å². The number of halogens is 4. The molecule has 13 rings (SSSR count). The number of anilines is 3. The van der Waals surface area contributed by atoms with E-state index in [9.17, 15) is 18.3 Å². The minimum absolute atomic E-state index is 0.0254. The summed E-state index contributed by atoms with van der Waals surface area (Å²) in [5.41, 5.74) is 10.9. The predicted octanol–water partition coefficient (Wildman–Crippen LogP) is 17.1. The van der Waals surface area contributed by atoms with Crippen LogP contribution in [0.4, 0.5) is 30.2 Å². The predicted molar refractivity (Wildman–Crippen MR) is 457 cm³/mol. The third-order valence-electron chi connectivity index (χ3n) is 22.7. The molecule has 6 aromatic carbocycles. The highest BCUT2D eigenvalue weighted by atomic mass is 35.5. The highest BCUT2D eigenvalue weighted by molar-refractivity contribution is 6.74. The van der Waals surface area contributed by atoms with Gasteiger partial charge in [0.1, 0.15) is 80.6 Å². The van der Waals surface area contributed by atoms with Crippen LogP contribution in [-0.4, -0.2) is 228 Å². The first kappa shape index (κ1) is 86.0. The van der Waals surface area contributed by atoms with Crippen LogP contribution in [0.3, 0.4) is 0 Å². The monoisotopic (exact) mass is 1580 g/mol. The Bertz CT molecular complexity index is 4430. The van der Waals surface area contributed by atoms with Gasteiger partial charge < -0.3 is 66.9 Å². The fraction of sp³-hybridized carbons (Fsp3) is 0.483. The summed E-state index contributed by atoms with van der Waals surface area (Å²) in [6, 6.07) is 54.5. The van der Waals surface area contributed by atoms with Crippen molar-refractivity contribution in [2.45, 2.75) is 135 Å². The van der Waals surface area contributed by atoms with Crippen molar-refractivity contribution in [1.29, 1.82) is 0 Å². The largest absolute Gasteiger partial charge is 0.494 e. The van der Waals surface area contributed by atoms with Crippen LogP contribution in [0.25, 0.3) is 55.2 Å². The van der Waals surface area contributed by atoms with Gasteiger partial charge in [-0.3, -0.25) is 0 Å². The second-order valence-electron chi connectivity index (χ2n) is 33.8. The molecular formula is C87H118BClF3N9O8Si2. The molecule has 24 heteroatoms. The number of hydrogen-bond donors (Lipinski definition) is 1. The summed E-state index contributed by atoms with van der Waals surface area (Å²) in [6.45, 7) is 41.1. The fourth-order valence-electron chi connectivity index (χ4n) is 12.6. The minimum atomic E-state index is -2.06. The van der Waals surface area contributed by atoms with Crippen LogP contribution in [0.2, 0.25) is 41.4 Å². The van der Waals surface area contributed by atoms with E-state index in [1.54, 1.807) is 12.1 Å². The summed E-state index contributed by atoms with van der Waals surface area (Å²) in [6.07, 6.45) is -2.21. The number of nitrogens with zero attached hydrogens (tertiary/aromatic N) is 9. The molecule has 598 valence electrons. The molecule has 4 saturated heterocycles. The third kappa shape index (κ3) is 23.4. The Hall–Kier alpha value is -7.39.